The monoisotopic (exact) mass is 338 g/mol. The molecule has 3 rings (SSSR count). The highest BCUT2D eigenvalue weighted by atomic mass is 16.3. The van der Waals surface area contributed by atoms with Crippen LogP contribution in [-0.2, 0) is 5.41 Å². The molecule has 0 aliphatic heterocycles. The molecule has 0 saturated heterocycles. The Morgan fingerprint density at radius 1 is 1.28 bits per heavy atom. The molecule has 25 heavy (non-hydrogen) atoms. The van der Waals surface area contributed by atoms with E-state index >= 15 is 0 Å². The Kier molecular flexibility index (Phi) is 4.46. The van der Waals surface area contributed by atoms with E-state index < -0.39 is 5.91 Å². The fourth-order valence-electron chi connectivity index (χ4n) is 3.11. The van der Waals surface area contributed by atoms with Gasteiger partial charge in [0.15, 0.2) is 0 Å². The molecule has 1 amide bonds. The summed E-state index contributed by atoms with van der Waals surface area (Å²) in [4.78, 5) is 24.9. The van der Waals surface area contributed by atoms with Crippen molar-refractivity contribution >= 4 is 20.1 Å². The molecule has 1 aromatic heterocycles. The molecule has 0 atom stereocenters. The van der Waals surface area contributed by atoms with Crippen LogP contribution >= 0.6 is 0 Å². The Bertz CT molecular complexity index is 930. The second-order valence-electron chi connectivity index (χ2n) is 6.80. The topological polar surface area (TPSA) is 111 Å². The molecular formula is C18H21BN3O3. The zero-order valence-corrected chi connectivity index (χ0v) is 14.6. The number of aromatic hydroxyl groups is 1. The van der Waals surface area contributed by atoms with E-state index in [0.717, 1.165) is 18.4 Å². The number of primary amides is 1. The molecule has 2 aromatic rings. The number of nitrogens with two attached hydrogens (primary N) is 2. The van der Waals surface area contributed by atoms with E-state index in [9.17, 15) is 14.7 Å². The molecular weight excluding hydrogens is 317 g/mol. The Labute approximate surface area is 148 Å². The lowest BCUT2D eigenvalue weighted by Gasteiger charge is -2.20. The number of phenolic OH excluding ortho intramolecular Hbond substituents is 1. The molecule has 1 saturated carbocycles. The number of hydrogen-bond acceptors (Lipinski definition) is 4. The van der Waals surface area contributed by atoms with E-state index in [0.29, 0.717) is 16.8 Å². The van der Waals surface area contributed by atoms with E-state index in [1.165, 1.54) is 10.6 Å². The summed E-state index contributed by atoms with van der Waals surface area (Å²) in [5, 5.41) is 10.0. The molecule has 0 bridgehead atoms. The fourth-order valence-corrected chi connectivity index (χ4v) is 3.11. The lowest BCUT2D eigenvalue weighted by Crippen LogP contribution is -2.32. The highest BCUT2D eigenvalue weighted by molar-refractivity contribution is 5.97. The normalized spacial score (nSPS) is 14.7. The number of pyridine rings is 1. The molecule has 1 aliphatic carbocycles. The number of aryl methyl sites for hydroxylation is 1. The number of amides is 1. The summed E-state index contributed by atoms with van der Waals surface area (Å²) >= 11 is 0. The van der Waals surface area contributed by atoms with Crippen molar-refractivity contribution in [1.29, 1.82) is 0 Å². The molecule has 1 heterocycles. The minimum atomic E-state index is -0.679. The van der Waals surface area contributed by atoms with Crippen LogP contribution in [0.3, 0.4) is 0 Å². The molecule has 1 fully saturated rings. The molecule has 1 aromatic carbocycles. The van der Waals surface area contributed by atoms with Crippen LogP contribution in [0.5, 0.6) is 5.75 Å². The van der Waals surface area contributed by atoms with Crippen LogP contribution < -0.4 is 17.0 Å². The SMILES string of the molecule is Cc1ccc(O)c(C)c1-n1c(N)c(C(N)=O)cc(C2(C)CC2)c1=O.[B]. The number of phenols is 1. The minimum absolute atomic E-state index is 0. The van der Waals surface area contributed by atoms with Crippen molar-refractivity contribution in [2.24, 2.45) is 5.73 Å². The van der Waals surface area contributed by atoms with Crippen molar-refractivity contribution < 1.29 is 9.90 Å². The third-order valence-electron chi connectivity index (χ3n) is 4.98. The van der Waals surface area contributed by atoms with Crippen molar-refractivity contribution in [3.05, 3.63) is 50.8 Å². The summed E-state index contributed by atoms with van der Waals surface area (Å²) in [6, 6.07) is 4.80. The lowest BCUT2D eigenvalue weighted by molar-refractivity contribution is 0.100. The first-order chi connectivity index (χ1) is 11.2. The van der Waals surface area contributed by atoms with Crippen LogP contribution in [0.4, 0.5) is 5.82 Å². The lowest BCUT2D eigenvalue weighted by atomic mass is 9.97. The van der Waals surface area contributed by atoms with Gasteiger partial charge >= 0.3 is 0 Å². The van der Waals surface area contributed by atoms with Crippen LogP contribution in [0.25, 0.3) is 5.69 Å². The first kappa shape index (κ1) is 18.6. The van der Waals surface area contributed by atoms with Gasteiger partial charge in [0.05, 0.1) is 11.3 Å². The van der Waals surface area contributed by atoms with Gasteiger partial charge in [-0.25, -0.2) is 0 Å². The summed E-state index contributed by atoms with van der Waals surface area (Å²) < 4.78 is 1.31. The fraction of sp³-hybridized carbons (Fsp3) is 0.333. The van der Waals surface area contributed by atoms with Gasteiger partial charge in [-0.1, -0.05) is 13.0 Å². The highest BCUT2D eigenvalue weighted by Gasteiger charge is 2.42. The highest BCUT2D eigenvalue weighted by Crippen LogP contribution is 2.46. The Hall–Kier alpha value is -2.70. The number of anilines is 1. The van der Waals surface area contributed by atoms with Crippen LogP contribution in [0, 0.1) is 13.8 Å². The van der Waals surface area contributed by atoms with Crippen LogP contribution in [-0.4, -0.2) is 24.0 Å². The molecule has 129 valence electrons. The van der Waals surface area contributed by atoms with E-state index in [4.69, 9.17) is 11.5 Å². The van der Waals surface area contributed by atoms with Gasteiger partial charge in [-0.3, -0.25) is 14.2 Å². The predicted octanol–water partition coefficient (Wildman–Crippen LogP) is 1.51. The van der Waals surface area contributed by atoms with Crippen molar-refractivity contribution in [1.82, 2.24) is 4.57 Å². The summed E-state index contributed by atoms with van der Waals surface area (Å²) in [6.45, 7) is 5.51. The number of nitrogen functional groups attached to an aromatic ring is 1. The van der Waals surface area contributed by atoms with E-state index in [1.54, 1.807) is 19.1 Å². The summed E-state index contributed by atoms with van der Waals surface area (Å²) in [5.74, 6) is -0.620. The van der Waals surface area contributed by atoms with Gasteiger partial charge in [-0.15, -0.1) is 0 Å². The van der Waals surface area contributed by atoms with Gasteiger partial charge in [0.25, 0.3) is 11.5 Å². The third kappa shape index (κ3) is 2.79. The van der Waals surface area contributed by atoms with Gasteiger partial charge in [0.1, 0.15) is 11.6 Å². The summed E-state index contributed by atoms with van der Waals surface area (Å²) in [6.07, 6.45) is 1.75. The molecule has 0 unspecified atom stereocenters. The van der Waals surface area contributed by atoms with Crippen LogP contribution in [0.15, 0.2) is 23.0 Å². The average Bonchev–Trinajstić information content (AvgIpc) is 3.24. The van der Waals surface area contributed by atoms with Gasteiger partial charge < -0.3 is 16.6 Å². The second kappa shape index (κ2) is 5.99. The van der Waals surface area contributed by atoms with E-state index in [2.05, 4.69) is 0 Å². The predicted molar refractivity (Wildman–Crippen MR) is 98.4 cm³/mol. The van der Waals surface area contributed by atoms with Gasteiger partial charge in [0.2, 0.25) is 0 Å². The van der Waals surface area contributed by atoms with Crippen molar-refractivity contribution in [2.45, 2.75) is 39.0 Å². The maximum Gasteiger partial charge on any atom is 0.260 e. The quantitative estimate of drug-likeness (QED) is 0.737. The number of carbonyl (C=O) groups excluding carboxylic acids is 1. The number of nitrogens with zero attached hydrogens (tertiary/aromatic N) is 1. The number of rotatable bonds is 3. The van der Waals surface area contributed by atoms with Crippen LogP contribution in [0.2, 0.25) is 0 Å². The molecule has 3 radical (unpaired) electrons. The molecule has 7 heteroatoms. The van der Waals surface area contributed by atoms with E-state index in [1.807, 2.05) is 13.8 Å². The first-order valence-electron chi connectivity index (χ1n) is 7.83. The maximum atomic E-state index is 13.1. The van der Waals surface area contributed by atoms with Crippen LogP contribution in [0.1, 0.15) is 46.8 Å². The van der Waals surface area contributed by atoms with E-state index in [-0.39, 0.29) is 36.5 Å². The zero-order valence-electron chi connectivity index (χ0n) is 14.6. The van der Waals surface area contributed by atoms with Crippen molar-refractivity contribution in [2.75, 3.05) is 5.73 Å². The third-order valence-corrected chi connectivity index (χ3v) is 4.98. The maximum absolute atomic E-state index is 13.1. The zero-order chi connectivity index (χ0) is 17.8. The molecule has 1 aliphatic rings. The Morgan fingerprint density at radius 3 is 2.40 bits per heavy atom. The van der Waals surface area contributed by atoms with Crippen molar-refractivity contribution in [3.8, 4) is 11.4 Å². The summed E-state index contributed by atoms with van der Waals surface area (Å²) in [5.41, 5.74) is 13.5. The number of carbonyl (C=O) groups is 1. The average molecular weight is 338 g/mol. The van der Waals surface area contributed by atoms with Crippen molar-refractivity contribution in [3.63, 3.8) is 0 Å². The minimum Gasteiger partial charge on any atom is -0.508 e. The number of hydrogen-bond donors (Lipinski definition) is 3. The first-order valence-corrected chi connectivity index (χ1v) is 7.83. The van der Waals surface area contributed by atoms with Gasteiger partial charge in [0, 0.05) is 19.5 Å². The second-order valence-corrected chi connectivity index (χ2v) is 6.80. The Balaban J connectivity index is 0.00000225. The Morgan fingerprint density at radius 2 is 1.88 bits per heavy atom. The van der Waals surface area contributed by atoms with Gasteiger partial charge in [-0.2, -0.15) is 0 Å². The molecule has 6 nitrogen and oxygen atoms in total. The molecule has 5 N–H and O–H groups in total. The largest absolute Gasteiger partial charge is 0.508 e. The smallest absolute Gasteiger partial charge is 0.260 e. The standard InChI is InChI=1S/C18H21N3O3.B/c1-9-4-5-13(22)10(2)14(9)21-15(19)11(16(20)23)8-12(17(21)24)18(3)6-7-18;/h4-5,8,22H,6-7,19H2,1-3H3,(H2,20,23);. The number of aromatic nitrogens is 1. The molecule has 0 spiro atoms. The summed E-state index contributed by atoms with van der Waals surface area (Å²) in [7, 11) is 0. The number of benzene rings is 1. The van der Waals surface area contributed by atoms with Gasteiger partial charge in [-0.05, 0) is 49.8 Å².